The zero-order chi connectivity index (χ0) is 14.8. The number of esters is 1. The van der Waals surface area contributed by atoms with Crippen LogP contribution < -0.4 is 10.6 Å². The molecule has 0 bridgehead atoms. The Balaban J connectivity index is 4.19. The minimum atomic E-state index is -1.19. The number of carboxylic acids is 1. The van der Waals surface area contributed by atoms with Gasteiger partial charge >= 0.3 is 18.0 Å². The van der Waals surface area contributed by atoms with Crippen molar-refractivity contribution in [2.75, 3.05) is 13.7 Å². The second-order valence-electron chi connectivity index (χ2n) is 4.14. The molecule has 0 aromatic rings. The maximum atomic E-state index is 11.4. The van der Waals surface area contributed by atoms with Gasteiger partial charge in [-0.1, -0.05) is 11.6 Å². The summed E-state index contributed by atoms with van der Waals surface area (Å²) in [5, 5.41) is 13.7. The van der Waals surface area contributed by atoms with Crippen LogP contribution in [0, 0.1) is 0 Å². The molecule has 0 aromatic carbocycles. The molecule has 0 aliphatic rings. The minimum Gasteiger partial charge on any atom is -0.480 e. The third-order valence-corrected chi connectivity index (χ3v) is 2.24. The van der Waals surface area contributed by atoms with E-state index in [1.807, 2.05) is 13.8 Å². The predicted molar refractivity (Wildman–Crippen MR) is 68.6 cm³/mol. The molecule has 0 rings (SSSR count). The Labute approximate surface area is 112 Å². The fourth-order valence-electron chi connectivity index (χ4n) is 1.18. The average Bonchev–Trinajstić information content (AvgIpc) is 2.33. The van der Waals surface area contributed by atoms with Crippen molar-refractivity contribution in [3.63, 3.8) is 0 Å². The Bertz CT molecular complexity index is 361. The lowest BCUT2D eigenvalue weighted by Crippen LogP contribution is -2.46. The largest absolute Gasteiger partial charge is 0.480 e. The van der Waals surface area contributed by atoms with Crippen LogP contribution in [0.3, 0.4) is 0 Å². The molecule has 19 heavy (non-hydrogen) atoms. The number of carbonyl (C=O) groups excluding carboxylic acids is 2. The first kappa shape index (κ1) is 16.9. The first-order valence-corrected chi connectivity index (χ1v) is 5.84. The summed E-state index contributed by atoms with van der Waals surface area (Å²) in [4.78, 5) is 33.3. The number of carboxylic acid groups (broad SMARTS) is 1. The zero-order valence-electron chi connectivity index (χ0n) is 11.4. The van der Waals surface area contributed by atoms with Crippen molar-refractivity contribution in [3.8, 4) is 0 Å². The van der Waals surface area contributed by atoms with Crippen LogP contribution in [0.15, 0.2) is 11.6 Å². The third kappa shape index (κ3) is 8.64. The lowest BCUT2D eigenvalue weighted by Gasteiger charge is -2.14. The second kappa shape index (κ2) is 8.96. The van der Waals surface area contributed by atoms with Gasteiger partial charge in [0, 0.05) is 13.0 Å². The van der Waals surface area contributed by atoms with Gasteiger partial charge < -0.3 is 20.5 Å². The number of ether oxygens (including phenoxy) is 1. The number of allylic oxidation sites excluding steroid dienone is 1. The third-order valence-electron chi connectivity index (χ3n) is 2.24. The first-order chi connectivity index (χ1) is 8.86. The fourth-order valence-corrected chi connectivity index (χ4v) is 1.18. The summed E-state index contributed by atoms with van der Waals surface area (Å²) < 4.78 is 4.41. The molecular formula is C12H20N2O5. The van der Waals surface area contributed by atoms with Crippen molar-refractivity contribution in [1.82, 2.24) is 10.6 Å². The summed E-state index contributed by atoms with van der Waals surface area (Å²) in [6, 6.07) is -1.71. The molecule has 0 saturated heterocycles. The number of hydrogen-bond acceptors (Lipinski definition) is 4. The van der Waals surface area contributed by atoms with E-state index in [4.69, 9.17) is 5.11 Å². The number of amides is 2. The van der Waals surface area contributed by atoms with Crippen molar-refractivity contribution in [1.29, 1.82) is 0 Å². The number of methoxy groups -OCH3 is 1. The number of carbonyl (C=O) groups is 3. The SMILES string of the molecule is COC(=O)CC[C@H](NC(=O)NCC=C(C)C)C(=O)O. The summed E-state index contributed by atoms with van der Waals surface area (Å²) in [6.45, 7) is 4.09. The zero-order valence-corrected chi connectivity index (χ0v) is 11.4. The first-order valence-electron chi connectivity index (χ1n) is 5.84. The van der Waals surface area contributed by atoms with Crippen molar-refractivity contribution in [2.45, 2.75) is 32.7 Å². The van der Waals surface area contributed by atoms with Crippen molar-refractivity contribution < 1.29 is 24.2 Å². The molecule has 7 nitrogen and oxygen atoms in total. The molecule has 1 atom stereocenters. The summed E-state index contributed by atoms with van der Waals surface area (Å²) in [6.07, 6.45) is 1.71. The highest BCUT2D eigenvalue weighted by Gasteiger charge is 2.20. The average molecular weight is 272 g/mol. The van der Waals surface area contributed by atoms with Gasteiger partial charge in [-0.2, -0.15) is 0 Å². The fraction of sp³-hybridized carbons (Fsp3) is 0.583. The molecule has 0 saturated carbocycles. The van der Waals surface area contributed by atoms with Gasteiger partial charge in [0.2, 0.25) is 0 Å². The topological polar surface area (TPSA) is 105 Å². The van der Waals surface area contributed by atoms with E-state index in [1.54, 1.807) is 6.08 Å². The van der Waals surface area contributed by atoms with E-state index in [2.05, 4.69) is 15.4 Å². The van der Waals surface area contributed by atoms with Crippen LogP contribution >= 0.6 is 0 Å². The highest BCUT2D eigenvalue weighted by molar-refractivity contribution is 5.83. The molecule has 0 radical (unpaired) electrons. The molecule has 3 N–H and O–H groups in total. The molecule has 0 unspecified atom stereocenters. The molecule has 0 aliphatic heterocycles. The van der Waals surface area contributed by atoms with E-state index in [-0.39, 0.29) is 12.8 Å². The summed E-state index contributed by atoms with van der Waals surface area (Å²) in [7, 11) is 1.22. The van der Waals surface area contributed by atoms with E-state index < -0.39 is 24.0 Å². The highest BCUT2D eigenvalue weighted by Crippen LogP contribution is 1.99. The van der Waals surface area contributed by atoms with Crippen molar-refractivity contribution in [3.05, 3.63) is 11.6 Å². The monoisotopic (exact) mass is 272 g/mol. The lowest BCUT2D eigenvalue weighted by atomic mass is 10.1. The second-order valence-corrected chi connectivity index (χ2v) is 4.14. The molecule has 2 amide bonds. The number of aliphatic carboxylic acids is 1. The van der Waals surface area contributed by atoms with Gasteiger partial charge in [0.05, 0.1) is 7.11 Å². The van der Waals surface area contributed by atoms with Gasteiger partial charge in [0.1, 0.15) is 6.04 Å². The summed E-state index contributed by atoms with van der Waals surface area (Å²) in [5.41, 5.74) is 1.04. The Morgan fingerprint density at radius 1 is 1.32 bits per heavy atom. The molecular weight excluding hydrogens is 252 g/mol. The van der Waals surface area contributed by atoms with E-state index in [9.17, 15) is 14.4 Å². The molecule has 108 valence electrons. The molecule has 0 fully saturated rings. The van der Waals surface area contributed by atoms with E-state index in [0.717, 1.165) is 5.57 Å². The number of hydrogen-bond donors (Lipinski definition) is 3. The Hall–Kier alpha value is -2.05. The summed E-state index contributed by atoms with van der Waals surface area (Å²) >= 11 is 0. The number of rotatable bonds is 7. The minimum absolute atomic E-state index is 0.0158. The van der Waals surface area contributed by atoms with Crippen LogP contribution in [0.4, 0.5) is 4.79 Å². The van der Waals surface area contributed by atoms with Crippen molar-refractivity contribution in [2.24, 2.45) is 0 Å². The number of urea groups is 1. The molecule has 0 aliphatic carbocycles. The van der Waals surface area contributed by atoms with E-state index in [0.29, 0.717) is 6.54 Å². The van der Waals surface area contributed by atoms with Gasteiger partial charge in [-0.05, 0) is 20.3 Å². The quantitative estimate of drug-likeness (QED) is 0.466. The normalized spacial score (nSPS) is 11.1. The van der Waals surface area contributed by atoms with Gasteiger partial charge in [0.15, 0.2) is 0 Å². The standard InChI is InChI=1S/C12H20N2O5/c1-8(2)6-7-13-12(18)14-9(11(16)17)4-5-10(15)19-3/h6,9H,4-5,7H2,1-3H3,(H,16,17)(H2,13,14,18)/t9-/m0/s1. The lowest BCUT2D eigenvalue weighted by molar-refractivity contribution is -0.142. The van der Waals surface area contributed by atoms with Crippen LogP contribution in [-0.2, 0) is 14.3 Å². The van der Waals surface area contributed by atoms with Crippen LogP contribution in [0.5, 0.6) is 0 Å². The van der Waals surface area contributed by atoms with Crippen LogP contribution in [0.1, 0.15) is 26.7 Å². The van der Waals surface area contributed by atoms with Crippen LogP contribution in [-0.4, -0.2) is 42.8 Å². The molecule has 0 heterocycles. The Kier molecular flexibility index (Phi) is 7.99. The Morgan fingerprint density at radius 2 is 1.95 bits per heavy atom. The molecule has 7 heteroatoms. The highest BCUT2D eigenvalue weighted by atomic mass is 16.5. The molecule has 0 spiro atoms. The summed E-state index contributed by atoms with van der Waals surface area (Å²) in [5.74, 6) is -1.71. The smallest absolute Gasteiger partial charge is 0.326 e. The van der Waals surface area contributed by atoms with E-state index in [1.165, 1.54) is 7.11 Å². The van der Waals surface area contributed by atoms with Gasteiger partial charge in [-0.3, -0.25) is 4.79 Å². The van der Waals surface area contributed by atoms with Crippen molar-refractivity contribution >= 4 is 18.0 Å². The maximum absolute atomic E-state index is 11.4. The number of nitrogens with one attached hydrogen (secondary N) is 2. The maximum Gasteiger partial charge on any atom is 0.326 e. The van der Waals surface area contributed by atoms with Gasteiger partial charge in [-0.25, -0.2) is 9.59 Å². The van der Waals surface area contributed by atoms with E-state index >= 15 is 0 Å². The predicted octanol–water partition coefficient (Wildman–Crippen LogP) is 0.658. The van der Waals surface area contributed by atoms with Gasteiger partial charge in [-0.15, -0.1) is 0 Å². The molecule has 0 aromatic heterocycles. The Morgan fingerprint density at radius 3 is 2.42 bits per heavy atom. The van der Waals surface area contributed by atoms with Crippen LogP contribution in [0.25, 0.3) is 0 Å². The van der Waals surface area contributed by atoms with Gasteiger partial charge in [0.25, 0.3) is 0 Å². The van der Waals surface area contributed by atoms with Crippen LogP contribution in [0.2, 0.25) is 0 Å².